The maximum Gasteiger partial charge on any atom is 0.244 e. The van der Waals surface area contributed by atoms with Gasteiger partial charge in [0, 0.05) is 25.5 Å². The number of phenols is 1. The van der Waals surface area contributed by atoms with Gasteiger partial charge in [0.1, 0.15) is 36.0 Å². The van der Waals surface area contributed by atoms with E-state index >= 15 is 0 Å². The number of carbonyl (C=O) groups is 7. The van der Waals surface area contributed by atoms with Crippen LogP contribution < -0.4 is 32.3 Å². The van der Waals surface area contributed by atoms with Crippen molar-refractivity contribution in [3.63, 3.8) is 0 Å². The van der Waals surface area contributed by atoms with Crippen molar-refractivity contribution in [3.05, 3.63) is 65.7 Å². The molecule has 240 valence electrons. The van der Waals surface area contributed by atoms with Gasteiger partial charge in [0.25, 0.3) is 0 Å². The molecule has 3 rings (SSSR count). The van der Waals surface area contributed by atoms with Crippen molar-refractivity contribution in [2.45, 2.75) is 63.3 Å². The van der Waals surface area contributed by atoms with E-state index in [0.29, 0.717) is 17.3 Å². The van der Waals surface area contributed by atoms with Gasteiger partial charge in [0.2, 0.25) is 40.6 Å². The molecule has 1 fully saturated rings. The fourth-order valence-electron chi connectivity index (χ4n) is 4.45. The lowest BCUT2D eigenvalue weighted by atomic mass is 10.0. The summed E-state index contributed by atoms with van der Waals surface area (Å²) in [6.45, 7) is 2.51. The van der Waals surface area contributed by atoms with Crippen LogP contribution in [0.3, 0.4) is 0 Å². The van der Waals surface area contributed by atoms with Crippen LogP contribution in [0.2, 0.25) is 0 Å². The lowest BCUT2D eigenvalue weighted by Crippen LogP contribution is -2.59. The lowest BCUT2D eigenvalue weighted by Gasteiger charge is -2.27. The maximum atomic E-state index is 13.7. The molecule has 0 saturated carbocycles. The molecule has 1 saturated heterocycles. The summed E-state index contributed by atoms with van der Waals surface area (Å²) in [5.74, 6) is -5.02. The molecule has 8 N–H and O–H groups in total. The number of hydrogen-bond donors (Lipinski definition) is 7. The van der Waals surface area contributed by atoms with Gasteiger partial charge in [-0.15, -0.1) is 0 Å². The third kappa shape index (κ3) is 10.9. The molecular formula is C30H36N6O8S. The second-order valence-electron chi connectivity index (χ2n) is 10.5. The van der Waals surface area contributed by atoms with Gasteiger partial charge in [-0.2, -0.15) is 0 Å². The Bertz CT molecular complexity index is 1420. The SMILES string of the molecule is CC(=O)N[C@H]1CSC(=O)[C@H](Cc2ccccc2)NC(=O)[C@H](Cc2ccc(O)cc2)NC(=O)[C@H](C)NC(=O)[C@H](CC(N)=O)NC1=O. The molecule has 0 aliphatic carbocycles. The van der Waals surface area contributed by atoms with Crippen molar-refractivity contribution in [1.29, 1.82) is 0 Å². The molecule has 1 aliphatic heterocycles. The quantitative estimate of drug-likeness (QED) is 0.192. The second-order valence-corrected chi connectivity index (χ2v) is 11.6. The molecule has 45 heavy (non-hydrogen) atoms. The zero-order valence-electron chi connectivity index (χ0n) is 24.7. The lowest BCUT2D eigenvalue weighted by molar-refractivity contribution is -0.135. The molecule has 0 aromatic heterocycles. The van der Waals surface area contributed by atoms with Gasteiger partial charge in [-0.1, -0.05) is 54.2 Å². The number of amides is 6. The molecule has 0 unspecified atom stereocenters. The zero-order valence-corrected chi connectivity index (χ0v) is 25.5. The normalized spacial score (nSPS) is 23.6. The second kappa shape index (κ2) is 16.2. The number of benzene rings is 2. The Morgan fingerprint density at radius 2 is 1.36 bits per heavy atom. The minimum atomic E-state index is -1.50. The topological polar surface area (TPSA) is 226 Å². The van der Waals surface area contributed by atoms with Gasteiger partial charge in [-0.05, 0) is 30.2 Å². The summed E-state index contributed by atoms with van der Waals surface area (Å²) in [6.07, 6.45) is -0.554. The molecule has 15 heteroatoms. The summed E-state index contributed by atoms with van der Waals surface area (Å²) < 4.78 is 0. The van der Waals surface area contributed by atoms with Crippen LogP contribution in [0.1, 0.15) is 31.4 Å². The van der Waals surface area contributed by atoms with Gasteiger partial charge in [0.15, 0.2) is 0 Å². The molecule has 1 aliphatic rings. The minimum Gasteiger partial charge on any atom is -0.508 e. The van der Waals surface area contributed by atoms with Crippen molar-refractivity contribution in [3.8, 4) is 5.75 Å². The van der Waals surface area contributed by atoms with Crippen LogP contribution in [0, 0.1) is 0 Å². The highest BCUT2D eigenvalue weighted by Crippen LogP contribution is 2.16. The predicted molar refractivity (Wildman–Crippen MR) is 164 cm³/mol. The third-order valence-electron chi connectivity index (χ3n) is 6.77. The van der Waals surface area contributed by atoms with E-state index in [2.05, 4.69) is 26.6 Å². The van der Waals surface area contributed by atoms with Crippen LogP contribution in [0.5, 0.6) is 5.75 Å². The number of hydrogen-bond acceptors (Lipinski definition) is 9. The number of thioether (sulfide) groups is 1. The monoisotopic (exact) mass is 640 g/mol. The Morgan fingerprint density at radius 1 is 0.800 bits per heavy atom. The molecule has 2 aromatic rings. The number of nitrogens with one attached hydrogen (secondary N) is 5. The predicted octanol–water partition coefficient (Wildman–Crippen LogP) is -1.21. The van der Waals surface area contributed by atoms with Crippen LogP contribution in [-0.2, 0) is 46.4 Å². The number of carbonyl (C=O) groups excluding carboxylic acids is 7. The van der Waals surface area contributed by atoms with Gasteiger partial charge in [-0.25, -0.2) is 0 Å². The summed E-state index contributed by atoms with van der Waals surface area (Å²) in [4.78, 5) is 90.2. The van der Waals surface area contributed by atoms with Crippen LogP contribution in [-0.4, -0.2) is 81.6 Å². The first-order valence-electron chi connectivity index (χ1n) is 14.1. The molecule has 6 amide bonds. The minimum absolute atomic E-state index is 0.00211. The Labute approximate surface area is 263 Å². The molecular weight excluding hydrogens is 604 g/mol. The fourth-order valence-corrected chi connectivity index (χ4v) is 5.35. The van der Waals surface area contributed by atoms with E-state index in [1.807, 2.05) is 0 Å². The van der Waals surface area contributed by atoms with E-state index < -0.39 is 77.2 Å². The average molecular weight is 641 g/mol. The highest BCUT2D eigenvalue weighted by atomic mass is 32.2. The van der Waals surface area contributed by atoms with Crippen molar-refractivity contribution in [2.75, 3.05) is 5.75 Å². The number of aromatic hydroxyl groups is 1. The summed E-state index contributed by atoms with van der Waals surface area (Å²) in [6, 6.07) is 8.51. The first-order valence-corrected chi connectivity index (χ1v) is 15.1. The van der Waals surface area contributed by atoms with Crippen molar-refractivity contribution < 1.29 is 38.7 Å². The summed E-state index contributed by atoms with van der Waals surface area (Å²) in [7, 11) is 0. The zero-order chi connectivity index (χ0) is 33.1. The molecule has 0 spiro atoms. The average Bonchev–Trinajstić information content (AvgIpc) is 2.98. The molecule has 2 aromatic carbocycles. The van der Waals surface area contributed by atoms with Gasteiger partial charge in [-0.3, -0.25) is 33.6 Å². The van der Waals surface area contributed by atoms with Crippen LogP contribution in [0.25, 0.3) is 0 Å². The van der Waals surface area contributed by atoms with E-state index in [1.165, 1.54) is 26.0 Å². The number of rotatable bonds is 7. The molecule has 5 atom stereocenters. The number of primary amides is 1. The van der Waals surface area contributed by atoms with Crippen molar-refractivity contribution in [1.82, 2.24) is 26.6 Å². The Kier molecular flexibility index (Phi) is 12.5. The first kappa shape index (κ1) is 34.6. The summed E-state index contributed by atoms with van der Waals surface area (Å²) in [5, 5.41) is 21.7. The number of phenolic OH excluding ortho intramolecular Hbond substituents is 1. The highest BCUT2D eigenvalue weighted by molar-refractivity contribution is 8.13. The smallest absolute Gasteiger partial charge is 0.244 e. The van der Waals surface area contributed by atoms with E-state index in [-0.39, 0.29) is 24.3 Å². The standard InChI is InChI=1S/C30H36N6O8S/c1-16-26(40)34-21(12-19-8-10-20(38)11-9-19)28(42)36-23(13-18-6-4-3-5-7-18)30(44)45-15-24(33-17(2)37)29(43)35-22(14-25(31)39)27(41)32-16/h3-11,16,21-24,38H,12-15H2,1-2H3,(H2,31,39)(H,32,41)(H,33,37)(H,34,40)(H,35,43)(H,36,42)/t16-,21-,22-,23-,24-/m0/s1. The van der Waals surface area contributed by atoms with E-state index in [1.54, 1.807) is 42.5 Å². The Hall–Kier alpha value is -4.92. The van der Waals surface area contributed by atoms with Crippen LogP contribution >= 0.6 is 11.8 Å². The third-order valence-corrected chi connectivity index (χ3v) is 7.84. The van der Waals surface area contributed by atoms with Crippen molar-refractivity contribution in [2.24, 2.45) is 5.73 Å². The first-order chi connectivity index (χ1) is 21.3. The van der Waals surface area contributed by atoms with Crippen LogP contribution in [0.4, 0.5) is 0 Å². The molecule has 1 heterocycles. The molecule has 0 bridgehead atoms. The van der Waals surface area contributed by atoms with E-state index in [9.17, 15) is 38.7 Å². The van der Waals surface area contributed by atoms with Crippen molar-refractivity contribution >= 4 is 52.3 Å². The largest absolute Gasteiger partial charge is 0.508 e. The van der Waals surface area contributed by atoms with E-state index in [0.717, 1.165) is 5.56 Å². The van der Waals surface area contributed by atoms with Gasteiger partial charge in [0.05, 0.1) is 6.42 Å². The highest BCUT2D eigenvalue weighted by Gasteiger charge is 2.33. The summed E-state index contributed by atoms with van der Waals surface area (Å²) >= 11 is 0.683. The summed E-state index contributed by atoms with van der Waals surface area (Å²) in [5.41, 5.74) is 6.61. The number of nitrogens with two attached hydrogens (primary N) is 1. The van der Waals surface area contributed by atoms with Gasteiger partial charge < -0.3 is 37.4 Å². The maximum absolute atomic E-state index is 13.7. The Balaban J connectivity index is 2.00. The Morgan fingerprint density at radius 3 is 1.98 bits per heavy atom. The van der Waals surface area contributed by atoms with Crippen LogP contribution in [0.15, 0.2) is 54.6 Å². The molecule has 0 radical (unpaired) electrons. The molecule has 14 nitrogen and oxygen atoms in total. The van der Waals surface area contributed by atoms with Gasteiger partial charge >= 0.3 is 0 Å². The fraction of sp³-hybridized carbons (Fsp3) is 0.367. The van der Waals surface area contributed by atoms with E-state index in [4.69, 9.17) is 5.73 Å².